The van der Waals surface area contributed by atoms with Crippen molar-refractivity contribution in [2.24, 2.45) is 0 Å². The minimum absolute atomic E-state index is 0.155. The Bertz CT molecular complexity index is 853. The maximum absolute atomic E-state index is 12.6. The molecule has 1 aromatic carbocycles. The summed E-state index contributed by atoms with van der Waals surface area (Å²) in [5.74, 6) is 0.766. The molecule has 0 radical (unpaired) electrons. The zero-order valence-electron chi connectivity index (χ0n) is 14.0. The zero-order valence-corrected chi connectivity index (χ0v) is 14.8. The van der Waals surface area contributed by atoms with Crippen molar-refractivity contribution < 1.29 is 27.1 Å². The van der Waals surface area contributed by atoms with Gasteiger partial charge in [-0.25, -0.2) is 8.42 Å². The fraction of sp³-hybridized carbons (Fsp3) is 0.353. The van der Waals surface area contributed by atoms with Gasteiger partial charge >= 0.3 is 0 Å². The van der Waals surface area contributed by atoms with Crippen LogP contribution in [0.3, 0.4) is 0 Å². The van der Waals surface area contributed by atoms with Crippen LogP contribution >= 0.6 is 0 Å². The molecule has 1 amide bonds. The number of nitrogens with zero attached hydrogens (tertiary/aromatic N) is 1. The summed E-state index contributed by atoms with van der Waals surface area (Å²) in [6.07, 6.45) is 1.44. The molecule has 1 aromatic heterocycles. The number of ether oxygens (including phenoxy) is 2. The second-order valence-corrected chi connectivity index (χ2v) is 8.04. The minimum atomic E-state index is -3.37. The van der Waals surface area contributed by atoms with Gasteiger partial charge in [0, 0.05) is 13.1 Å². The first kappa shape index (κ1) is 17.3. The number of carbonyl (C=O) groups excluding carboxylic acids is 1. The van der Waals surface area contributed by atoms with Crippen LogP contribution in [0.25, 0.3) is 0 Å². The highest BCUT2D eigenvalue weighted by molar-refractivity contribution is 7.91. The molecular weight excluding hydrogens is 346 g/mol. The quantitative estimate of drug-likeness (QED) is 0.775. The Morgan fingerprint density at radius 1 is 1.20 bits per heavy atom. The van der Waals surface area contributed by atoms with Crippen molar-refractivity contribution in [3.8, 4) is 11.5 Å². The van der Waals surface area contributed by atoms with Gasteiger partial charge in [0.1, 0.15) is 11.5 Å². The molecule has 3 rings (SSSR count). The average Bonchev–Trinajstić information content (AvgIpc) is 3.04. The topological polar surface area (TPSA) is 86.0 Å². The van der Waals surface area contributed by atoms with Crippen LogP contribution in [0, 0.1) is 0 Å². The van der Waals surface area contributed by atoms with Gasteiger partial charge in [0.2, 0.25) is 0 Å². The summed E-state index contributed by atoms with van der Waals surface area (Å²) in [5.41, 5.74) is 0.351. The van der Waals surface area contributed by atoms with Crippen molar-refractivity contribution in [1.29, 1.82) is 0 Å². The third-order valence-electron chi connectivity index (χ3n) is 4.20. The number of furan rings is 1. The first-order valence-corrected chi connectivity index (χ1v) is 9.42. The molecule has 0 spiro atoms. The molecule has 0 atom stereocenters. The lowest BCUT2D eigenvalue weighted by Crippen LogP contribution is -2.57. The first-order chi connectivity index (χ1) is 12.0. The molecule has 0 aliphatic carbocycles. The highest BCUT2D eigenvalue weighted by Crippen LogP contribution is 2.33. The highest BCUT2D eigenvalue weighted by atomic mass is 32.2. The normalized spacial score (nSPS) is 14.9. The van der Waals surface area contributed by atoms with Gasteiger partial charge in [0.05, 0.1) is 31.3 Å². The maximum atomic E-state index is 12.6. The van der Waals surface area contributed by atoms with E-state index in [9.17, 15) is 13.2 Å². The van der Waals surface area contributed by atoms with E-state index in [4.69, 9.17) is 13.9 Å². The number of amides is 1. The van der Waals surface area contributed by atoms with Gasteiger partial charge in [-0.2, -0.15) is 0 Å². The molecule has 8 heteroatoms. The van der Waals surface area contributed by atoms with E-state index in [0.29, 0.717) is 22.8 Å². The molecule has 1 fully saturated rings. The summed E-state index contributed by atoms with van der Waals surface area (Å²) in [4.78, 5) is 14.1. The predicted molar refractivity (Wildman–Crippen MR) is 90.6 cm³/mol. The smallest absolute Gasteiger partial charge is 0.257 e. The van der Waals surface area contributed by atoms with E-state index in [1.807, 2.05) is 0 Å². The van der Waals surface area contributed by atoms with Crippen LogP contribution in [-0.2, 0) is 15.6 Å². The lowest BCUT2D eigenvalue weighted by molar-refractivity contribution is 0.0654. The molecule has 0 saturated carbocycles. The Labute approximate surface area is 146 Å². The highest BCUT2D eigenvalue weighted by Gasteiger charge is 2.41. The van der Waals surface area contributed by atoms with Crippen molar-refractivity contribution in [2.75, 3.05) is 27.3 Å². The van der Waals surface area contributed by atoms with Crippen molar-refractivity contribution in [3.63, 3.8) is 0 Å². The van der Waals surface area contributed by atoms with Gasteiger partial charge in [-0.05, 0) is 24.3 Å². The molecule has 0 N–H and O–H groups in total. The number of hydrogen-bond acceptors (Lipinski definition) is 6. The number of methoxy groups -OCH3 is 2. The summed E-state index contributed by atoms with van der Waals surface area (Å²) in [7, 11) is -0.414. The summed E-state index contributed by atoms with van der Waals surface area (Å²) >= 11 is 0. The molecule has 2 heterocycles. The Hall–Kier alpha value is -2.48. The third-order valence-corrected chi connectivity index (χ3v) is 6.20. The molecular formula is C17H19NO6S. The first-order valence-electron chi connectivity index (χ1n) is 7.70. The number of hydrogen-bond donors (Lipinski definition) is 0. The Morgan fingerprint density at radius 3 is 2.56 bits per heavy atom. The van der Waals surface area contributed by atoms with Crippen molar-refractivity contribution in [3.05, 3.63) is 47.9 Å². The number of benzene rings is 1. The monoisotopic (exact) mass is 365 g/mol. The number of sulfone groups is 1. The van der Waals surface area contributed by atoms with Gasteiger partial charge < -0.3 is 18.8 Å². The zero-order chi connectivity index (χ0) is 18.0. The van der Waals surface area contributed by atoms with Crippen LogP contribution in [0.5, 0.6) is 11.5 Å². The van der Waals surface area contributed by atoms with Gasteiger partial charge in [0.15, 0.2) is 21.3 Å². The fourth-order valence-electron chi connectivity index (χ4n) is 2.77. The lowest BCUT2D eigenvalue weighted by Gasteiger charge is -2.38. The molecule has 134 valence electrons. The lowest BCUT2D eigenvalue weighted by atomic mass is 10.1. The molecule has 1 aliphatic rings. The van der Waals surface area contributed by atoms with E-state index < -0.39 is 15.1 Å². The van der Waals surface area contributed by atoms with Gasteiger partial charge in [-0.3, -0.25) is 4.79 Å². The molecule has 0 unspecified atom stereocenters. The Balaban J connectivity index is 1.69. The van der Waals surface area contributed by atoms with Crippen LogP contribution in [0.15, 0.2) is 41.0 Å². The van der Waals surface area contributed by atoms with Gasteiger partial charge in [0.25, 0.3) is 5.91 Å². The van der Waals surface area contributed by atoms with Crippen molar-refractivity contribution >= 4 is 15.7 Å². The molecule has 7 nitrogen and oxygen atoms in total. The molecule has 2 aromatic rings. The van der Waals surface area contributed by atoms with E-state index >= 15 is 0 Å². The van der Waals surface area contributed by atoms with E-state index in [-0.39, 0.29) is 24.7 Å². The maximum Gasteiger partial charge on any atom is 0.257 e. The summed E-state index contributed by atoms with van der Waals surface area (Å²) < 4.78 is 40.3. The van der Waals surface area contributed by atoms with E-state index in [1.54, 1.807) is 30.3 Å². The van der Waals surface area contributed by atoms with Gasteiger partial charge in [-0.1, -0.05) is 6.07 Å². The molecule has 25 heavy (non-hydrogen) atoms. The molecule has 1 saturated heterocycles. The summed E-state index contributed by atoms with van der Waals surface area (Å²) in [5, 5.41) is -0.585. The SMILES string of the molecule is COc1cccc(C(=O)N2CC(S(=O)(=O)Cc3ccco3)C2)c1OC. The Kier molecular flexibility index (Phi) is 4.71. The van der Waals surface area contributed by atoms with Gasteiger partial charge in [-0.15, -0.1) is 0 Å². The molecule has 0 bridgehead atoms. The van der Waals surface area contributed by atoms with Crippen LogP contribution in [0.4, 0.5) is 0 Å². The standard InChI is InChI=1S/C17H19NO6S/c1-22-15-7-3-6-14(16(15)23-2)17(19)18-9-13(10-18)25(20,21)11-12-5-4-8-24-12/h3-8,13H,9-11H2,1-2H3. The predicted octanol–water partition coefficient (Wildman–Crippen LogP) is 1.74. The fourth-order valence-corrected chi connectivity index (χ4v) is 4.38. The van der Waals surface area contributed by atoms with Crippen LogP contribution < -0.4 is 9.47 Å². The van der Waals surface area contributed by atoms with E-state index in [0.717, 1.165) is 0 Å². The number of para-hydroxylation sites is 1. The van der Waals surface area contributed by atoms with Crippen LogP contribution in [-0.4, -0.2) is 51.8 Å². The number of likely N-dealkylation sites (tertiary alicyclic amines) is 1. The van der Waals surface area contributed by atoms with E-state index in [2.05, 4.69) is 0 Å². The second-order valence-electron chi connectivity index (χ2n) is 5.76. The average molecular weight is 365 g/mol. The summed E-state index contributed by atoms with van der Waals surface area (Å²) in [6.45, 7) is 0.310. The van der Waals surface area contributed by atoms with Crippen LogP contribution in [0.2, 0.25) is 0 Å². The Morgan fingerprint density at radius 2 is 1.96 bits per heavy atom. The largest absolute Gasteiger partial charge is 0.493 e. The number of rotatable bonds is 6. The second kappa shape index (κ2) is 6.79. The van der Waals surface area contributed by atoms with Crippen LogP contribution in [0.1, 0.15) is 16.1 Å². The van der Waals surface area contributed by atoms with Crippen molar-refractivity contribution in [2.45, 2.75) is 11.0 Å². The van der Waals surface area contributed by atoms with E-state index in [1.165, 1.54) is 25.4 Å². The third kappa shape index (κ3) is 3.34. The number of carbonyl (C=O) groups is 1. The summed E-state index contributed by atoms with van der Waals surface area (Å²) in [6, 6.07) is 8.30. The minimum Gasteiger partial charge on any atom is -0.493 e. The van der Waals surface area contributed by atoms with Crippen molar-refractivity contribution in [1.82, 2.24) is 4.90 Å². The molecule has 1 aliphatic heterocycles.